The Labute approximate surface area is 160 Å². The predicted molar refractivity (Wildman–Crippen MR) is 99.9 cm³/mol. The first-order chi connectivity index (χ1) is 13.0. The summed E-state index contributed by atoms with van der Waals surface area (Å²) >= 11 is 1.49. The van der Waals surface area contributed by atoms with Gasteiger partial charge < -0.3 is 4.74 Å². The molecule has 1 aliphatic heterocycles. The van der Waals surface area contributed by atoms with Crippen LogP contribution in [-0.2, 0) is 16.1 Å². The molecule has 0 aromatic heterocycles. The first kappa shape index (κ1) is 19.1. The Morgan fingerprint density at radius 3 is 2.26 bits per heavy atom. The lowest BCUT2D eigenvalue weighted by molar-refractivity contribution is -0.149. The van der Waals surface area contributed by atoms with Gasteiger partial charge in [-0.25, -0.2) is 9.18 Å². The molecular formula is C20H18FNO4S. The van der Waals surface area contributed by atoms with Gasteiger partial charge in [0, 0.05) is 5.56 Å². The van der Waals surface area contributed by atoms with Gasteiger partial charge in [0.05, 0.1) is 11.1 Å². The third-order valence-electron chi connectivity index (χ3n) is 4.33. The normalized spacial score (nSPS) is 14.2. The highest BCUT2D eigenvalue weighted by molar-refractivity contribution is 7.98. The van der Waals surface area contributed by atoms with Crippen molar-refractivity contribution in [1.82, 2.24) is 4.90 Å². The van der Waals surface area contributed by atoms with Gasteiger partial charge in [-0.05, 0) is 36.6 Å². The smallest absolute Gasteiger partial charge is 0.329 e. The number of nitrogens with zero attached hydrogens (tertiary/aromatic N) is 1. The van der Waals surface area contributed by atoms with Gasteiger partial charge in [0.1, 0.15) is 18.5 Å². The molecule has 2 aromatic rings. The van der Waals surface area contributed by atoms with Gasteiger partial charge in [0.25, 0.3) is 11.8 Å². The molecule has 1 heterocycles. The highest BCUT2D eigenvalue weighted by Gasteiger charge is 2.43. The maximum Gasteiger partial charge on any atom is 0.329 e. The molecule has 2 amide bonds. The van der Waals surface area contributed by atoms with Crippen LogP contribution in [-0.4, -0.2) is 40.7 Å². The van der Waals surface area contributed by atoms with E-state index in [9.17, 15) is 18.8 Å². The van der Waals surface area contributed by atoms with Crippen LogP contribution in [0.25, 0.3) is 0 Å². The average molecular weight is 387 g/mol. The fourth-order valence-electron chi connectivity index (χ4n) is 2.93. The van der Waals surface area contributed by atoms with Crippen molar-refractivity contribution >= 4 is 29.5 Å². The van der Waals surface area contributed by atoms with Crippen molar-refractivity contribution < 1.29 is 23.5 Å². The number of carbonyl (C=O) groups excluding carboxylic acids is 3. The Bertz CT molecular complexity index is 851. The molecule has 0 radical (unpaired) electrons. The zero-order valence-corrected chi connectivity index (χ0v) is 15.5. The van der Waals surface area contributed by atoms with E-state index in [1.165, 1.54) is 23.9 Å². The fraction of sp³-hybridized carbons (Fsp3) is 0.250. The van der Waals surface area contributed by atoms with Gasteiger partial charge in [-0.2, -0.15) is 11.8 Å². The summed E-state index contributed by atoms with van der Waals surface area (Å²) in [5.41, 5.74) is 0.786. The molecule has 0 aliphatic carbocycles. The van der Waals surface area contributed by atoms with Crippen LogP contribution >= 0.6 is 11.8 Å². The monoisotopic (exact) mass is 387 g/mol. The first-order valence-corrected chi connectivity index (χ1v) is 9.80. The summed E-state index contributed by atoms with van der Waals surface area (Å²) in [5, 5.41) is 0. The number of hydrogen-bond donors (Lipinski definition) is 0. The van der Waals surface area contributed by atoms with Crippen molar-refractivity contribution in [3.8, 4) is 0 Å². The number of thioether (sulfide) groups is 1. The zero-order chi connectivity index (χ0) is 19.4. The van der Waals surface area contributed by atoms with E-state index >= 15 is 0 Å². The Morgan fingerprint density at radius 2 is 1.67 bits per heavy atom. The van der Waals surface area contributed by atoms with Crippen LogP contribution in [0.1, 0.15) is 32.7 Å². The molecule has 0 saturated heterocycles. The highest BCUT2D eigenvalue weighted by Crippen LogP contribution is 2.26. The number of carbonyl (C=O) groups is 3. The van der Waals surface area contributed by atoms with E-state index in [0.29, 0.717) is 5.75 Å². The number of esters is 1. The number of ether oxygens (including phenoxy) is 1. The molecule has 0 bridgehead atoms. The van der Waals surface area contributed by atoms with Crippen LogP contribution in [0.2, 0.25) is 0 Å². The minimum atomic E-state index is -1.04. The van der Waals surface area contributed by atoms with E-state index in [0.717, 1.165) is 4.90 Å². The van der Waals surface area contributed by atoms with E-state index in [1.54, 1.807) is 36.4 Å². The number of amides is 2. The standard InChI is InChI=1S/C20H18FNO4S/c1-27-11-10-17(20(25)26-12-13-6-2-5-9-16(13)21)22-18(23)14-7-3-4-8-15(14)19(22)24/h2-9,17H,10-12H2,1H3/t17-/m1/s1. The molecule has 27 heavy (non-hydrogen) atoms. The molecule has 140 valence electrons. The third-order valence-corrected chi connectivity index (χ3v) is 4.98. The Morgan fingerprint density at radius 1 is 1.07 bits per heavy atom. The predicted octanol–water partition coefficient (Wildman–Crippen LogP) is 3.29. The number of imide groups is 1. The largest absolute Gasteiger partial charge is 0.459 e. The van der Waals surface area contributed by atoms with Crippen molar-refractivity contribution in [2.24, 2.45) is 0 Å². The number of rotatable bonds is 7. The summed E-state index contributed by atoms with van der Waals surface area (Å²) in [6.45, 7) is -0.259. The molecule has 0 fully saturated rings. The van der Waals surface area contributed by atoms with Gasteiger partial charge in [0.2, 0.25) is 0 Å². The lowest BCUT2D eigenvalue weighted by Crippen LogP contribution is -2.46. The van der Waals surface area contributed by atoms with Gasteiger partial charge >= 0.3 is 5.97 Å². The molecule has 0 spiro atoms. The van der Waals surface area contributed by atoms with E-state index < -0.39 is 29.6 Å². The molecular weight excluding hydrogens is 369 g/mol. The SMILES string of the molecule is CSCC[C@H](C(=O)OCc1ccccc1F)N1C(=O)c2ccccc2C1=O. The molecule has 5 nitrogen and oxygen atoms in total. The Kier molecular flexibility index (Phi) is 5.91. The van der Waals surface area contributed by atoms with Gasteiger partial charge in [-0.3, -0.25) is 14.5 Å². The number of fused-ring (bicyclic) bond motifs is 1. The van der Waals surface area contributed by atoms with Crippen molar-refractivity contribution in [2.45, 2.75) is 19.1 Å². The minimum Gasteiger partial charge on any atom is -0.459 e. The molecule has 7 heteroatoms. The maximum atomic E-state index is 13.7. The van der Waals surface area contributed by atoms with E-state index in [-0.39, 0.29) is 29.7 Å². The molecule has 2 aromatic carbocycles. The van der Waals surface area contributed by atoms with Crippen molar-refractivity contribution in [3.63, 3.8) is 0 Å². The van der Waals surface area contributed by atoms with E-state index in [2.05, 4.69) is 0 Å². The number of hydrogen-bond acceptors (Lipinski definition) is 5. The van der Waals surface area contributed by atoms with Crippen molar-refractivity contribution in [2.75, 3.05) is 12.0 Å². The molecule has 0 saturated carbocycles. The molecule has 1 aliphatic rings. The van der Waals surface area contributed by atoms with Crippen LogP contribution in [0.15, 0.2) is 48.5 Å². The van der Waals surface area contributed by atoms with Crippen molar-refractivity contribution in [3.05, 3.63) is 71.0 Å². The van der Waals surface area contributed by atoms with E-state index in [1.807, 2.05) is 6.26 Å². The molecule has 1 atom stereocenters. The first-order valence-electron chi connectivity index (χ1n) is 8.40. The van der Waals surface area contributed by atoms with Gasteiger partial charge in [-0.15, -0.1) is 0 Å². The maximum absolute atomic E-state index is 13.7. The summed E-state index contributed by atoms with van der Waals surface area (Å²) in [5.74, 6) is -1.66. The van der Waals surface area contributed by atoms with Crippen LogP contribution in [0.3, 0.4) is 0 Å². The second-order valence-corrected chi connectivity index (χ2v) is 7.01. The number of halogens is 1. The lowest BCUT2D eigenvalue weighted by Gasteiger charge is -2.24. The fourth-order valence-corrected chi connectivity index (χ4v) is 3.39. The summed E-state index contributed by atoms with van der Waals surface area (Å²) < 4.78 is 19.0. The summed E-state index contributed by atoms with van der Waals surface area (Å²) in [6, 6.07) is 11.4. The van der Waals surface area contributed by atoms with E-state index in [4.69, 9.17) is 4.74 Å². The topological polar surface area (TPSA) is 63.7 Å². The molecule has 0 N–H and O–H groups in total. The summed E-state index contributed by atoms with van der Waals surface area (Å²) in [7, 11) is 0. The summed E-state index contributed by atoms with van der Waals surface area (Å²) in [4.78, 5) is 39.0. The quantitative estimate of drug-likeness (QED) is 0.539. The second-order valence-electron chi connectivity index (χ2n) is 6.02. The molecule has 0 unspecified atom stereocenters. The van der Waals surface area contributed by atoms with Crippen LogP contribution < -0.4 is 0 Å². The Balaban J connectivity index is 1.80. The highest BCUT2D eigenvalue weighted by atomic mass is 32.2. The van der Waals surface area contributed by atoms with Gasteiger partial charge in [0.15, 0.2) is 0 Å². The molecule has 3 rings (SSSR count). The minimum absolute atomic E-state index is 0.233. The lowest BCUT2D eigenvalue weighted by atomic mass is 10.1. The van der Waals surface area contributed by atoms with Gasteiger partial charge in [-0.1, -0.05) is 30.3 Å². The van der Waals surface area contributed by atoms with Crippen molar-refractivity contribution in [1.29, 1.82) is 0 Å². The van der Waals surface area contributed by atoms with Crippen LogP contribution in [0, 0.1) is 5.82 Å². The van der Waals surface area contributed by atoms with Crippen LogP contribution in [0.4, 0.5) is 4.39 Å². The zero-order valence-electron chi connectivity index (χ0n) is 14.7. The average Bonchev–Trinajstić information content (AvgIpc) is 2.93. The Hall–Kier alpha value is -2.67. The van der Waals surface area contributed by atoms with Crippen LogP contribution in [0.5, 0.6) is 0 Å². The second kappa shape index (κ2) is 8.35. The number of benzene rings is 2. The third kappa shape index (κ3) is 3.88. The summed E-state index contributed by atoms with van der Waals surface area (Å²) in [6.07, 6.45) is 2.13.